The molecule has 44 heavy (non-hydrogen) atoms. The van der Waals surface area contributed by atoms with Crippen LogP contribution >= 0.6 is 0 Å². The number of nitrogens with one attached hydrogen (secondary N) is 1. The first-order valence-electron chi connectivity index (χ1n) is 13.4. The van der Waals surface area contributed by atoms with Gasteiger partial charge in [-0.2, -0.15) is 18.3 Å². The molecule has 3 N–H and O–H groups in total. The summed E-state index contributed by atoms with van der Waals surface area (Å²) in [6.45, 7) is -0.0385. The van der Waals surface area contributed by atoms with E-state index in [-0.39, 0.29) is 47.5 Å². The van der Waals surface area contributed by atoms with Gasteiger partial charge >= 0.3 is 6.18 Å². The highest BCUT2D eigenvalue weighted by molar-refractivity contribution is 5.94. The molecule has 0 spiro atoms. The third kappa shape index (κ3) is 6.59. The summed E-state index contributed by atoms with van der Waals surface area (Å²) in [6.07, 6.45) is -3.38. The van der Waals surface area contributed by atoms with Gasteiger partial charge in [0, 0.05) is 36.5 Å². The summed E-state index contributed by atoms with van der Waals surface area (Å²) in [7, 11) is 1.74. The number of nitrogens with two attached hydrogens (primary N) is 1. The molecule has 2 aromatic carbocycles. The van der Waals surface area contributed by atoms with E-state index in [2.05, 4.69) is 15.4 Å². The minimum absolute atomic E-state index is 0.0313. The first-order valence-corrected chi connectivity index (χ1v) is 13.4. The summed E-state index contributed by atoms with van der Waals surface area (Å²) >= 11 is 0. The Labute approximate surface area is 247 Å². The van der Waals surface area contributed by atoms with Crippen molar-refractivity contribution in [3.63, 3.8) is 0 Å². The van der Waals surface area contributed by atoms with Gasteiger partial charge in [0.2, 0.25) is 5.91 Å². The first kappa shape index (κ1) is 30.7. The predicted molar refractivity (Wildman–Crippen MR) is 146 cm³/mol. The number of nitrogens with zero attached hydrogens (tertiary/aromatic N) is 4. The van der Waals surface area contributed by atoms with Crippen LogP contribution in [0.15, 0.2) is 54.7 Å². The van der Waals surface area contributed by atoms with E-state index in [1.54, 1.807) is 19.2 Å². The van der Waals surface area contributed by atoms with Gasteiger partial charge in [0.25, 0.3) is 5.91 Å². The fourth-order valence-corrected chi connectivity index (χ4v) is 5.35. The number of hydrogen-bond donors (Lipinski definition) is 2. The number of likely N-dealkylation sites (N-methyl/N-ethyl adjacent to an activating group) is 1. The van der Waals surface area contributed by atoms with E-state index in [0.717, 1.165) is 22.9 Å². The number of hydrogen-bond acceptors (Lipinski definition) is 5. The third-order valence-corrected chi connectivity index (χ3v) is 7.30. The zero-order valence-corrected chi connectivity index (χ0v) is 23.3. The lowest BCUT2D eigenvalue weighted by Gasteiger charge is -2.24. The molecule has 0 fully saturated rings. The van der Waals surface area contributed by atoms with Gasteiger partial charge < -0.3 is 16.0 Å². The van der Waals surface area contributed by atoms with Gasteiger partial charge in [-0.3, -0.25) is 19.3 Å². The SMILES string of the molecule is CN1CCc2c(C(F)(F)F)nn(CC(=O)N[C@@H](Cc3cc(F)cc(F)c3)c3ncccc3-c3ccc(F)c(C(N)=O)c3)c2C1. The van der Waals surface area contributed by atoms with E-state index in [4.69, 9.17) is 5.73 Å². The second-order valence-corrected chi connectivity index (χ2v) is 10.5. The summed E-state index contributed by atoms with van der Waals surface area (Å²) in [5.41, 5.74) is 5.15. The highest BCUT2D eigenvalue weighted by Crippen LogP contribution is 2.35. The molecule has 2 amide bonds. The zero-order valence-electron chi connectivity index (χ0n) is 23.3. The van der Waals surface area contributed by atoms with Crippen LogP contribution in [-0.2, 0) is 36.9 Å². The Morgan fingerprint density at radius 2 is 1.80 bits per heavy atom. The molecular formula is C30H26F6N6O2. The molecule has 0 radical (unpaired) electrons. The summed E-state index contributed by atoms with van der Waals surface area (Å²) in [4.78, 5) is 31.4. The first-order chi connectivity index (χ1) is 20.8. The van der Waals surface area contributed by atoms with E-state index < -0.39 is 53.7 Å². The van der Waals surface area contributed by atoms with Crippen LogP contribution in [0.5, 0.6) is 0 Å². The molecule has 0 saturated heterocycles. The number of amides is 2. The smallest absolute Gasteiger partial charge is 0.366 e. The van der Waals surface area contributed by atoms with Gasteiger partial charge in [-0.25, -0.2) is 13.2 Å². The number of primary amides is 1. The summed E-state index contributed by atoms with van der Waals surface area (Å²) < 4.78 is 84.7. The maximum absolute atomic E-state index is 14.2. The predicted octanol–water partition coefficient (Wildman–Crippen LogP) is 4.57. The molecule has 0 bridgehead atoms. The fraction of sp³-hybridized carbons (Fsp3) is 0.267. The molecule has 2 aromatic heterocycles. The van der Waals surface area contributed by atoms with Crippen LogP contribution in [0.2, 0.25) is 0 Å². The van der Waals surface area contributed by atoms with Crippen LogP contribution in [0.1, 0.15) is 44.6 Å². The van der Waals surface area contributed by atoms with Crippen molar-refractivity contribution in [1.82, 2.24) is 25.0 Å². The molecular weight excluding hydrogens is 590 g/mol. The van der Waals surface area contributed by atoms with Gasteiger partial charge in [0.15, 0.2) is 5.69 Å². The summed E-state index contributed by atoms with van der Waals surface area (Å²) in [5, 5.41) is 6.46. The van der Waals surface area contributed by atoms with Crippen molar-refractivity contribution in [3.05, 3.63) is 106 Å². The van der Waals surface area contributed by atoms with E-state index >= 15 is 0 Å². The molecule has 1 aliphatic rings. The Balaban J connectivity index is 1.53. The monoisotopic (exact) mass is 616 g/mol. The summed E-state index contributed by atoms with van der Waals surface area (Å²) in [5.74, 6) is -4.32. The van der Waals surface area contributed by atoms with Crippen molar-refractivity contribution in [2.24, 2.45) is 5.73 Å². The Morgan fingerprint density at radius 3 is 2.48 bits per heavy atom. The second-order valence-electron chi connectivity index (χ2n) is 10.5. The lowest BCUT2D eigenvalue weighted by atomic mass is 9.94. The molecule has 0 aliphatic carbocycles. The molecule has 3 heterocycles. The summed E-state index contributed by atoms with van der Waals surface area (Å²) in [6, 6.07) is 8.52. The minimum Gasteiger partial charge on any atom is -0.366 e. The molecule has 4 aromatic rings. The van der Waals surface area contributed by atoms with Crippen molar-refractivity contribution in [2.75, 3.05) is 13.6 Å². The topological polar surface area (TPSA) is 106 Å². The fourth-order valence-electron chi connectivity index (χ4n) is 5.35. The van der Waals surface area contributed by atoms with Crippen LogP contribution in [-0.4, -0.2) is 45.1 Å². The number of alkyl halides is 3. The van der Waals surface area contributed by atoms with E-state index in [9.17, 15) is 35.9 Å². The highest BCUT2D eigenvalue weighted by Gasteiger charge is 2.40. The van der Waals surface area contributed by atoms with Crippen molar-refractivity contribution >= 4 is 11.8 Å². The number of pyridine rings is 1. The number of fused-ring (bicyclic) bond motifs is 1. The van der Waals surface area contributed by atoms with Crippen LogP contribution in [0, 0.1) is 17.5 Å². The average molecular weight is 617 g/mol. The quantitative estimate of drug-likeness (QED) is 0.282. The zero-order chi connectivity index (χ0) is 31.8. The Kier molecular flexibility index (Phi) is 8.46. The Hall–Kier alpha value is -4.72. The molecule has 230 valence electrons. The third-order valence-electron chi connectivity index (χ3n) is 7.30. The number of halogens is 6. The molecule has 0 saturated carbocycles. The maximum atomic E-state index is 14.2. The maximum Gasteiger partial charge on any atom is 0.435 e. The largest absolute Gasteiger partial charge is 0.435 e. The van der Waals surface area contributed by atoms with E-state index in [1.807, 2.05) is 4.90 Å². The van der Waals surface area contributed by atoms with Crippen LogP contribution in [0.25, 0.3) is 11.1 Å². The Bertz CT molecular complexity index is 1720. The number of aromatic nitrogens is 3. The van der Waals surface area contributed by atoms with Crippen molar-refractivity contribution in [1.29, 1.82) is 0 Å². The number of benzene rings is 2. The molecule has 1 aliphatic heterocycles. The van der Waals surface area contributed by atoms with Gasteiger partial charge in [0.1, 0.15) is 24.0 Å². The molecule has 1 atom stereocenters. The molecule has 8 nitrogen and oxygen atoms in total. The van der Waals surface area contributed by atoms with Gasteiger partial charge in [-0.1, -0.05) is 12.1 Å². The van der Waals surface area contributed by atoms with Crippen LogP contribution in [0.4, 0.5) is 26.3 Å². The van der Waals surface area contributed by atoms with Gasteiger partial charge in [-0.05, 0) is 61.3 Å². The van der Waals surface area contributed by atoms with Crippen LogP contribution < -0.4 is 11.1 Å². The van der Waals surface area contributed by atoms with E-state index in [0.29, 0.717) is 23.7 Å². The lowest BCUT2D eigenvalue weighted by Crippen LogP contribution is -2.35. The van der Waals surface area contributed by atoms with Gasteiger partial charge in [-0.15, -0.1) is 0 Å². The number of rotatable bonds is 8. The van der Waals surface area contributed by atoms with Crippen molar-refractivity contribution in [2.45, 2.75) is 38.1 Å². The van der Waals surface area contributed by atoms with Gasteiger partial charge in [0.05, 0.1) is 23.0 Å². The number of carbonyl (C=O) groups excluding carboxylic acids is 2. The molecule has 14 heteroatoms. The highest BCUT2D eigenvalue weighted by atomic mass is 19.4. The minimum atomic E-state index is -4.71. The van der Waals surface area contributed by atoms with E-state index in [1.165, 1.54) is 18.3 Å². The van der Waals surface area contributed by atoms with Crippen LogP contribution in [0.3, 0.4) is 0 Å². The van der Waals surface area contributed by atoms with Crippen molar-refractivity contribution < 1.29 is 35.9 Å². The standard InChI is InChI=1S/C30H26F6N6O2/c1-41-8-6-21-25(14-41)42(40-28(21)30(34,35)36)15-26(43)39-24(11-16-9-18(31)13-19(32)10-16)27-20(3-2-7-38-27)17-4-5-23(33)22(12-17)29(37)44/h2-5,7,9-10,12-13,24H,6,8,11,14-15H2,1H3,(H2,37,44)(H,39,43)/t24-/m0/s1. The average Bonchev–Trinajstić information content (AvgIpc) is 3.30. The number of carbonyl (C=O) groups is 2. The lowest BCUT2D eigenvalue weighted by molar-refractivity contribution is -0.142. The van der Waals surface area contributed by atoms with Crippen molar-refractivity contribution in [3.8, 4) is 11.1 Å². The molecule has 0 unspecified atom stereocenters. The normalized spacial score (nSPS) is 14.2. The Morgan fingerprint density at radius 1 is 1.07 bits per heavy atom. The molecule has 5 rings (SSSR count). The second kappa shape index (κ2) is 12.1.